The fourth-order valence-electron chi connectivity index (χ4n) is 1.94. The highest BCUT2D eigenvalue weighted by Gasteiger charge is 2.09. The van der Waals surface area contributed by atoms with E-state index in [4.69, 9.17) is 5.26 Å². The van der Waals surface area contributed by atoms with E-state index in [1.165, 1.54) is 24.0 Å². The number of nitriles is 1. The van der Waals surface area contributed by atoms with E-state index in [2.05, 4.69) is 20.3 Å². The molecule has 2 heterocycles. The van der Waals surface area contributed by atoms with Crippen LogP contribution in [0.25, 0.3) is 11.0 Å². The molecule has 0 aliphatic rings. The summed E-state index contributed by atoms with van der Waals surface area (Å²) in [6.07, 6.45) is 1.51. The van der Waals surface area contributed by atoms with Gasteiger partial charge in [0.1, 0.15) is 11.8 Å². The van der Waals surface area contributed by atoms with Gasteiger partial charge in [-0.25, -0.2) is 14.4 Å². The van der Waals surface area contributed by atoms with Crippen LogP contribution in [0.5, 0.6) is 5.75 Å². The van der Waals surface area contributed by atoms with Crippen molar-refractivity contribution in [3.05, 3.63) is 42.0 Å². The molecule has 120 valence electrons. The van der Waals surface area contributed by atoms with Crippen molar-refractivity contribution >= 4 is 34.4 Å². The molecule has 0 saturated carbocycles. The molecule has 3 rings (SSSR count). The first kappa shape index (κ1) is 15.8. The van der Waals surface area contributed by atoms with Crippen LogP contribution in [0.2, 0.25) is 0 Å². The van der Waals surface area contributed by atoms with Crippen molar-refractivity contribution in [3.63, 3.8) is 0 Å². The van der Waals surface area contributed by atoms with E-state index in [0.29, 0.717) is 21.9 Å². The number of aromatic hydroxyl groups is 1. The highest BCUT2D eigenvalue weighted by molar-refractivity contribution is 7.99. The summed E-state index contributed by atoms with van der Waals surface area (Å²) >= 11 is 1.17. The molecule has 3 aromatic rings. The van der Waals surface area contributed by atoms with Gasteiger partial charge < -0.3 is 15.4 Å². The Morgan fingerprint density at radius 1 is 1.46 bits per heavy atom. The number of phenolic OH excluding ortho intramolecular Hbond substituents is 1. The van der Waals surface area contributed by atoms with Crippen LogP contribution < -0.4 is 5.32 Å². The summed E-state index contributed by atoms with van der Waals surface area (Å²) in [5.41, 5.74) is 1.82. The number of anilines is 1. The highest BCUT2D eigenvalue weighted by Crippen LogP contribution is 2.22. The summed E-state index contributed by atoms with van der Waals surface area (Å²) in [4.78, 5) is 23.1. The number of rotatable bonds is 4. The minimum Gasteiger partial charge on any atom is -0.505 e. The molecule has 0 spiro atoms. The van der Waals surface area contributed by atoms with E-state index >= 15 is 0 Å². The number of pyridine rings is 1. The molecule has 7 nitrogen and oxygen atoms in total. The van der Waals surface area contributed by atoms with Crippen molar-refractivity contribution in [1.29, 1.82) is 5.26 Å². The summed E-state index contributed by atoms with van der Waals surface area (Å²) in [7, 11) is 0. The number of nitrogens with zero attached hydrogens (tertiary/aromatic N) is 3. The van der Waals surface area contributed by atoms with E-state index in [9.17, 15) is 14.3 Å². The smallest absolute Gasteiger partial charge is 0.234 e. The van der Waals surface area contributed by atoms with Crippen molar-refractivity contribution in [1.82, 2.24) is 15.0 Å². The second-order valence-corrected chi connectivity index (χ2v) is 5.71. The van der Waals surface area contributed by atoms with Crippen molar-refractivity contribution in [2.75, 3.05) is 11.1 Å². The lowest BCUT2D eigenvalue weighted by atomic mass is 10.3. The number of imidazole rings is 1. The largest absolute Gasteiger partial charge is 0.505 e. The molecule has 0 fully saturated rings. The second-order valence-electron chi connectivity index (χ2n) is 4.74. The summed E-state index contributed by atoms with van der Waals surface area (Å²) in [5.74, 6) is -1.55. The van der Waals surface area contributed by atoms with Crippen molar-refractivity contribution in [2.24, 2.45) is 0 Å². The van der Waals surface area contributed by atoms with Gasteiger partial charge in [0.15, 0.2) is 16.7 Å². The van der Waals surface area contributed by atoms with E-state index in [-0.39, 0.29) is 17.4 Å². The number of hydrogen-bond acceptors (Lipinski definition) is 6. The predicted octanol–water partition coefficient (Wildman–Crippen LogP) is 2.41. The normalized spacial score (nSPS) is 10.5. The quantitative estimate of drug-likeness (QED) is 0.627. The number of aromatic nitrogens is 3. The maximum atomic E-state index is 13.0. The SMILES string of the molecule is N#Cc1cc2nc(SCC(=O)Nc3ccc(F)c(O)c3)[nH]c2cn1. The molecule has 0 saturated heterocycles. The number of amides is 1. The Labute approximate surface area is 139 Å². The van der Waals surface area contributed by atoms with E-state index in [0.717, 1.165) is 12.1 Å². The monoisotopic (exact) mass is 343 g/mol. The zero-order valence-corrected chi connectivity index (χ0v) is 12.9. The third-order valence-electron chi connectivity index (χ3n) is 3.03. The molecule has 2 aromatic heterocycles. The summed E-state index contributed by atoms with van der Waals surface area (Å²) < 4.78 is 13.0. The van der Waals surface area contributed by atoms with Gasteiger partial charge >= 0.3 is 0 Å². The Hall–Kier alpha value is -3.12. The maximum Gasteiger partial charge on any atom is 0.234 e. The zero-order chi connectivity index (χ0) is 17.1. The van der Waals surface area contributed by atoms with E-state index < -0.39 is 11.6 Å². The highest BCUT2D eigenvalue weighted by atomic mass is 32.2. The number of halogens is 1. The van der Waals surface area contributed by atoms with Crippen LogP contribution in [0.4, 0.5) is 10.1 Å². The lowest BCUT2D eigenvalue weighted by Gasteiger charge is -2.05. The maximum absolute atomic E-state index is 13.0. The number of thioether (sulfide) groups is 1. The average Bonchev–Trinajstić information content (AvgIpc) is 2.98. The molecule has 3 N–H and O–H groups in total. The molecule has 0 atom stereocenters. The minimum atomic E-state index is -0.755. The minimum absolute atomic E-state index is 0.0660. The van der Waals surface area contributed by atoms with Crippen LogP contribution in [0.1, 0.15) is 5.69 Å². The van der Waals surface area contributed by atoms with Gasteiger partial charge in [0.2, 0.25) is 5.91 Å². The molecule has 1 aromatic carbocycles. The first-order chi connectivity index (χ1) is 11.5. The molecule has 0 aliphatic carbocycles. The number of fused-ring (bicyclic) bond motifs is 1. The van der Waals surface area contributed by atoms with Gasteiger partial charge in [0.25, 0.3) is 0 Å². The van der Waals surface area contributed by atoms with Gasteiger partial charge in [-0.15, -0.1) is 0 Å². The van der Waals surface area contributed by atoms with E-state index in [1.54, 1.807) is 6.07 Å². The van der Waals surface area contributed by atoms with Crippen molar-refractivity contribution in [3.8, 4) is 11.8 Å². The van der Waals surface area contributed by atoms with Crippen LogP contribution >= 0.6 is 11.8 Å². The Kier molecular flexibility index (Phi) is 4.31. The number of aromatic amines is 1. The number of H-pyrrole nitrogens is 1. The first-order valence-electron chi connectivity index (χ1n) is 6.72. The van der Waals surface area contributed by atoms with Gasteiger partial charge in [-0.3, -0.25) is 4.79 Å². The van der Waals surface area contributed by atoms with Crippen molar-refractivity contribution in [2.45, 2.75) is 5.16 Å². The number of nitrogens with one attached hydrogen (secondary N) is 2. The molecular weight excluding hydrogens is 333 g/mol. The molecule has 1 amide bonds. The lowest BCUT2D eigenvalue weighted by Crippen LogP contribution is -2.14. The lowest BCUT2D eigenvalue weighted by molar-refractivity contribution is -0.113. The molecule has 24 heavy (non-hydrogen) atoms. The van der Waals surface area contributed by atoms with Crippen LogP contribution in [-0.4, -0.2) is 31.7 Å². The van der Waals surface area contributed by atoms with Gasteiger partial charge in [-0.05, 0) is 12.1 Å². The van der Waals surface area contributed by atoms with Crippen LogP contribution in [0, 0.1) is 17.1 Å². The Bertz CT molecular complexity index is 966. The molecule has 0 aliphatic heterocycles. The molecule has 0 unspecified atom stereocenters. The van der Waals surface area contributed by atoms with Crippen molar-refractivity contribution < 1.29 is 14.3 Å². The third-order valence-corrected chi connectivity index (χ3v) is 3.90. The fraction of sp³-hybridized carbons (Fsp3) is 0.0667. The first-order valence-corrected chi connectivity index (χ1v) is 7.71. The van der Waals surface area contributed by atoms with Gasteiger partial charge in [0.05, 0.1) is 23.0 Å². The Morgan fingerprint density at radius 2 is 2.29 bits per heavy atom. The summed E-state index contributed by atoms with van der Waals surface area (Å²) in [6.45, 7) is 0. The summed E-state index contributed by atoms with van der Waals surface area (Å²) in [5, 5.41) is 21.1. The Balaban J connectivity index is 1.63. The van der Waals surface area contributed by atoms with Crippen LogP contribution in [0.15, 0.2) is 35.6 Å². The topological polar surface area (TPSA) is 115 Å². The van der Waals surface area contributed by atoms with Crippen LogP contribution in [0.3, 0.4) is 0 Å². The molecule has 0 bridgehead atoms. The molecular formula is C15H10FN5O2S. The zero-order valence-electron chi connectivity index (χ0n) is 12.1. The Morgan fingerprint density at radius 3 is 3.04 bits per heavy atom. The molecule has 9 heteroatoms. The summed E-state index contributed by atoms with van der Waals surface area (Å²) in [6, 6.07) is 7.04. The van der Waals surface area contributed by atoms with Crippen LogP contribution in [-0.2, 0) is 4.79 Å². The van der Waals surface area contributed by atoms with E-state index in [1.807, 2.05) is 6.07 Å². The van der Waals surface area contributed by atoms with Gasteiger partial charge in [-0.2, -0.15) is 5.26 Å². The van der Waals surface area contributed by atoms with Gasteiger partial charge in [0, 0.05) is 17.8 Å². The number of hydrogen-bond donors (Lipinski definition) is 3. The number of carbonyl (C=O) groups excluding carboxylic acids is 1. The second kappa shape index (κ2) is 6.55. The predicted molar refractivity (Wildman–Crippen MR) is 86.0 cm³/mol. The fourth-order valence-corrected chi connectivity index (χ4v) is 2.62. The number of benzene rings is 1. The standard InChI is InChI=1S/C15H10FN5O2S/c16-10-2-1-8(4-13(10)22)19-14(23)7-24-15-20-11-3-9(5-17)18-6-12(11)21-15/h1-4,6,22H,7H2,(H,19,23)(H,20,21). The van der Waals surface area contributed by atoms with Gasteiger partial charge in [-0.1, -0.05) is 11.8 Å². The number of carbonyl (C=O) groups is 1. The average molecular weight is 343 g/mol. The number of phenols is 1. The third kappa shape index (κ3) is 3.44. The molecule has 0 radical (unpaired) electrons.